The topological polar surface area (TPSA) is 89.2 Å². The monoisotopic (exact) mass is 371 g/mol. The molecule has 5 rings (SSSR count). The van der Waals surface area contributed by atoms with E-state index < -0.39 is 6.10 Å². The van der Waals surface area contributed by atoms with Gasteiger partial charge in [-0.05, 0) is 25.3 Å². The number of hydrogen-bond acceptors (Lipinski definition) is 5. The summed E-state index contributed by atoms with van der Waals surface area (Å²) in [5.41, 5.74) is 1.88. The van der Waals surface area contributed by atoms with E-state index in [1.807, 2.05) is 18.2 Å². The third-order valence-corrected chi connectivity index (χ3v) is 6.55. The Balaban J connectivity index is 1.50. The molecule has 27 heavy (non-hydrogen) atoms. The Morgan fingerprint density at radius 1 is 1.33 bits per heavy atom. The maximum absolute atomic E-state index is 12.4. The number of β-amino-alcohol motifs (C(OH)–C–C–N with tert-alkyl or cyclic N) is 1. The quantitative estimate of drug-likeness (QED) is 0.756. The van der Waals surface area contributed by atoms with Crippen molar-refractivity contribution in [3.05, 3.63) is 35.6 Å². The van der Waals surface area contributed by atoms with Crippen LogP contribution in [0, 0.1) is 0 Å². The summed E-state index contributed by atoms with van der Waals surface area (Å²) in [4.78, 5) is 16.6. The maximum Gasteiger partial charge on any atom is 0.318 e. The molecule has 3 aliphatic rings. The fourth-order valence-corrected chi connectivity index (χ4v) is 5.12. The van der Waals surface area contributed by atoms with Crippen LogP contribution in [0.4, 0.5) is 4.79 Å². The number of rotatable bonds is 3. The molecule has 7 nitrogen and oxygen atoms in total. The molecule has 0 bridgehead atoms. The lowest BCUT2D eigenvalue weighted by atomic mass is 9.79. The summed E-state index contributed by atoms with van der Waals surface area (Å²) in [5.74, 6) is 1.03. The number of piperidine rings is 1. The van der Waals surface area contributed by atoms with Gasteiger partial charge in [0.2, 0.25) is 0 Å². The van der Waals surface area contributed by atoms with Crippen LogP contribution in [0.15, 0.2) is 28.7 Å². The molecule has 0 radical (unpaired) electrons. The molecule has 3 aliphatic heterocycles. The second kappa shape index (κ2) is 6.22. The summed E-state index contributed by atoms with van der Waals surface area (Å²) in [5, 5.41) is 23.3. The molecule has 1 aromatic heterocycles. The highest BCUT2D eigenvalue weighted by Gasteiger charge is 2.52. The standard InChI is InChI=1S/C20H25N3O4/c24-11-13(25)10-23-19(26)21-12-20(23)6-8-22-7-5-15-14-3-1-2-4-17(14)27-18(15)16(22)9-20/h1-4,13,16,24-25H,5-12H2,(H,21,26). The molecule has 2 aromatic rings. The largest absolute Gasteiger partial charge is 0.459 e. The summed E-state index contributed by atoms with van der Waals surface area (Å²) in [6, 6.07) is 8.16. The van der Waals surface area contributed by atoms with Gasteiger partial charge in [0, 0.05) is 30.6 Å². The van der Waals surface area contributed by atoms with Crippen molar-refractivity contribution in [2.75, 3.05) is 32.8 Å². The SMILES string of the molecule is O=C1NCC2(CCN3CCc4c(oc5ccccc45)C3C2)N1CC(O)CO. The van der Waals surface area contributed by atoms with Gasteiger partial charge in [0.25, 0.3) is 0 Å². The zero-order chi connectivity index (χ0) is 18.6. The van der Waals surface area contributed by atoms with E-state index in [2.05, 4.69) is 16.3 Å². The molecule has 2 amide bonds. The molecular formula is C20H25N3O4. The van der Waals surface area contributed by atoms with Crippen LogP contribution in [0.1, 0.15) is 30.2 Å². The number of hydrogen-bond donors (Lipinski definition) is 3. The van der Waals surface area contributed by atoms with E-state index in [9.17, 15) is 15.0 Å². The highest BCUT2D eigenvalue weighted by atomic mass is 16.3. The Bertz CT molecular complexity index is 881. The van der Waals surface area contributed by atoms with E-state index >= 15 is 0 Å². The van der Waals surface area contributed by atoms with Crippen LogP contribution in [-0.4, -0.2) is 70.5 Å². The molecule has 4 heterocycles. The number of aliphatic hydroxyl groups excluding tert-OH is 2. The molecule has 3 atom stereocenters. The number of para-hydroxylation sites is 1. The van der Waals surface area contributed by atoms with Gasteiger partial charge in [0.15, 0.2) is 0 Å². The number of urea groups is 1. The lowest BCUT2D eigenvalue weighted by molar-refractivity contribution is -0.00433. The number of benzene rings is 1. The van der Waals surface area contributed by atoms with Crippen LogP contribution < -0.4 is 5.32 Å². The summed E-state index contributed by atoms with van der Waals surface area (Å²) >= 11 is 0. The average molecular weight is 371 g/mol. The molecule has 0 saturated carbocycles. The number of nitrogens with zero attached hydrogens (tertiary/aromatic N) is 2. The number of fused-ring (bicyclic) bond motifs is 5. The molecule has 0 aliphatic carbocycles. The van der Waals surface area contributed by atoms with Gasteiger partial charge < -0.3 is 24.8 Å². The molecule has 7 heteroatoms. The molecule has 2 saturated heterocycles. The summed E-state index contributed by atoms with van der Waals surface area (Å²) in [6.07, 6.45) is 1.70. The zero-order valence-electron chi connectivity index (χ0n) is 15.2. The molecule has 3 N–H and O–H groups in total. The fraction of sp³-hybridized carbons (Fsp3) is 0.550. The van der Waals surface area contributed by atoms with E-state index in [4.69, 9.17) is 4.42 Å². The first-order chi connectivity index (χ1) is 13.1. The second-order valence-corrected chi connectivity index (χ2v) is 8.03. The lowest BCUT2D eigenvalue weighted by Crippen LogP contribution is -2.57. The Kier molecular flexibility index (Phi) is 3.93. The highest BCUT2D eigenvalue weighted by Crippen LogP contribution is 2.46. The number of amides is 2. The van der Waals surface area contributed by atoms with E-state index in [-0.39, 0.29) is 30.8 Å². The smallest absolute Gasteiger partial charge is 0.318 e. The van der Waals surface area contributed by atoms with Crippen molar-refractivity contribution < 1.29 is 19.4 Å². The second-order valence-electron chi connectivity index (χ2n) is 8.03. The Hall–Kier alpha value is -2.09. The van der Waals surface area contributed by atoms with E-state index in [1.165, 1.54) is 10.9 Å². The van der Waals surface area contributed by atoms with Gasteiger partial charge in [0.05, 0.1) is 30.8 Å². The Morgan fingerprint density at radius 2 is 2.19 bits per heavy atom. The third kappa shape index (κ3) is 2.56. The predicted octanol–water partition coefficient (Wildman–Crippen LogP) is 1.24. The van der Waals surface area contributed by atoms with Crippen molar-refractivity contribution in [2.45, 2.75) is 36.9 Å². The molecule has 3 unspecified atom stereocenters. The van der Waals surface area contributed by atoms with Crippen LogP contribution in [0.2, 0.25) is 0 Å². The maximum atomic E-state index is 12.4. The summed E-state index contributed by atoms with van der Waals surface area (Å²) in [6.45, 7) is 2.27. The molecule has 144 valence electrons. The van der Waals surface area contributed by atoms with Crippen molar-refractivity contribution in [3.63, 3.8) is 0 Å². The minimum Gasteiger partial charge on any atom is -0.459 e. The van der Waals surface area contributed by atoms with Gasteiger partial charge in [-0.3, -0.25) is 4.90 Å². The third-order valence-electron chi connectivity index (χ3n) is 6.55. The van der Waals surface area contributed by atoms with Crippen LogP contribution in [-0.2, 0) is 6.42 Å². The molecule has 2 fully saturated rings. The Labute approximate surface area is 157 Å². The van der Waals surface area contributed by atoms with Crippen molar-refractivity contribution in [2.24, 2.45) is 0 Å². The van der Waals surface area contributed by atoms with Gasteiger partial charge in [-0.25, -0.2) is 4.79 Å². The number of furan rings is 1. The Morgan fingerprint density at radius 3 is 3.04 bits per heavy atom. The van der Waals surface area contributed by atoms with Gasteiger partial charge in [0.1, 0.15) is 11.3 Å². The van der Waals surface area contributed by atoms with Gasteiger partial charge in [-0.1, -0.05) is 18.2 Å². The van der Waals surface area contributed by atoms with E-state index in [0.29, 0.717) is 6.54 Å². The molecular weight excluding hydrogens is 346 g/mol. The number of nitrogens with one attached hydrogen (secondary N) is 1. The molecule has 1 aromatic carbocycles. The zero-order valence-corrected chi connectivity index (χ0v) is 15.2. The first kappa shape index (κ1) is 17.0. The van der Waals surface area contributed by atoms with Gasteiger partial charge in [-0.2, -0.15) is 0 Å². The van der Waals surface area contributed by atoms with Crippen molar-refractivity contribution in [1.29, 1.82) is 0 Å². The van der Waals surface area contributed by atoms with Gasteiger partial charge >= 0.3 is 6.03 Å². The highest BCUT2D eigenvalue weighted by molar-refractivity contribution is 5.83. The van der Waals surface area contributed by atoms with Crippen LogP contribution >= 0.6 is 0 Å². The van der Waals surface area contributed by atoms with Gasteiger partial charge in [-0.15, -0.1) is 0 Å². The minimum atomic E-state index is -0.920. The van der Waals surface area contributed by atoms with E-state index in [1.54, 1.807) is 4.90 Å². The first-order valence-corrected chi connectivity index (χ1v) is 9.70. The number of carbonyl (C=O) groups is 1. The summed E-state index contributed by atoms with van der Waals surface area (Å²) in [7, 11) is 0. The lowest BCUT2D eigenvalue weighted by Gasteiger charge is -2.49. The van der Waals surface area contributed by atoms with Crippen LogP contribution in [0.5, 0.6) is 0 Å². The molecule has 1 spiro atoms. The van der Waals surface area contributed by atoms with Crippen LogP contribution in [0.25, 0.3) is 11.0 Å². The van der Waals surface area contributed by atoms with E-state index in [0.717, 1.165) is 43.7 Å². The normalized spacial score (nSPS) is 29.0. The number of aliphatic hydroxyl groups is 2. The van der Waals surface area contributed by atoms with Crippen molar-refractivity contribution in [1.82, 2.24) is 15.1 Å². The fourth-order valence-electron chi connectivity index (χ4n) is 5.12. The van der Waals surface area contributed by atoms with Crippen LogP contribution in [0.3, 0.4) is 0 Å². The number of carbonyl (C=O) groups excluding carboxylic acids is 1. The first-order valence-electron chi connectivity index (χ1n) is 9.70. The van der Waals surface area contributed by atoms with Crippen molar-refractivity contribution >= 4 is 17.0 Å². The average Bonchev–Trinajstić information content (AvgIpc) is 3.21. The minimum absolute atomic E-state index is 0.136. The predicted molar refractivity (Wildman–Crippen MR) is 99.4 cm³/mol. The summed E-state index contributed by atoms with van der Waals surface area (Å²) < 4.78 is 6.27. The van der Waals surface area contributed by atoms with Crippen molar-refractivity contribution in [3.8, 4) is 0 Å².